The number of thioether (sulfide) groups is 1. The lowest BCUT2D eigenvalue weighted by Crippen LogP contribution is -2.33. The minimum Gasteiger partial charge on any atom is -0.361 e. The van der Waals surface area contributed by atoms with Gasteiger partial charge in [0.25, 0.3) is 5.56 Å². The molecular formula is C22H24N4OS. The molecule has 0 saturated carbocycles. The first kappa shape index (κ1) is 17.8. The summed E-state index contributed by atoms with van der Waals surface area (Å²) >= 11 is 1.68. The molecule has 5 rings (SSSR count). The molecule has 28 heavy (non-hydrogen) atoms. The van der Waals surface area contributed by atoms with Crippen LogP contribution in [0.2, 0.25) is 0 Å². The Kier molecular flexibility index (Phi) is 4.61. The van der Waals surface area contributed by atoms with Gasteiger partial charge in [0.1, 0.15) is 0 Å². The predicted molar refractivity (Wildman–Crippen MR) is 115 cm³/mol. The molecule has 0 bridgehead atoms. The number of nitrogens with one attached hydrogen (secondary N) is 1. The van der Waals surface area contributed by atoms with Crippen molar-refractivity contribution < 1.29 is 0 Å². The molecule has 5 nitrogen and oxygen atoms in total. The van der Waals surface area contributed by atoms with Gasteiger partial charge in [-0.25, -0.2) is 4.98 Å². The Hall–Kier alpha value is -2.31. The highest BCUT2D eigenvalue weighted by Gasteiger charge is 2.20. The average molecular weight is 393 g/mol. The molecule has 1 N–H and O–H groups in total. The van der Waals surface area contributed by atoms with Gasteiger partial charge in [-0.05, 0) is 31.4 Å². The van der Waals surface area contributed by atoms with Crippen LogP contribution < -0.4 is 5.56 Å². The Balaban J connectivity index is 1.29. The minimum atomic E-state index is 0.166. The Morgan fingerprint density at radius 3 is 3.00 bits per heavy atom. The van der Waals surface area contributed by atoms with Gasteiger partial charge in [-0.2, -0.15) is 0 Å². The van der Waals surface area contributed by atoms with Crippen LogP contribution in [0.3, 0.4) is 0 Å². The van der Waals surface area contributed by atoms with E-state index in [-0.39, 0.29) is 5.56 Å². The van der Waals surface area contributed by atoms with Crippen molar-refractivity contribution in [1.82, 2.24) is 19.4 Å². The number of para-hydroxylation sites is 1. The molecule has 2 aliphatic rings. The third-order valence-corrected chi connectivity index (χ3v) is 6.84. The van der Waals surface area contributed by atoms with Crippen molar-refractivity contribution in [3.8, 4) is 0 Å². The topological polar surface area (TPSA) is 53.9 Å². The van der Waals surface area contributed by atoms with E-state index in [1.807, 2.05) is 11.5 Å². The molecule has 144 valence electrons. The summed E-state index contributed by atoms with van der Waals surface area (Å²) in [4.78, 5) is 23.2. The molecular weight excluding hydrogens is 368 g/mol. The van der Waals surface area contributed by atoms with Crippen molar-refractivity contribution >= 4 is 28.2 Å². The van der Waals surface area contributed by atoms with Crippen molar-refractivity contribution in [2.45, 2.75) is 31.5 Å². The number of benzene rings is 1. The van der Waals surface area contributed by atoms with Gasteiger partial charge in [0, 0.05) is 65.9 Å². The van der Waals surface area contributed by atoms with Crippen LogP contribution in [-0.2, 0) is 13.0 Å². The summed E-state index contributed by atoms with van der Waals surface area (Å²) in [6.07, 6.45) is 6.29. The van der Waals surface area contributed by atoms with Gasteiger partial charge in [-0.1, -0.05) is 36.0 Å². The Morgan fingerprint density at radius 1 is 1.25 bits per heavy atom. The van der Waals surface area contributed by atoms with Crippen molar-refractivity contribution in [3.63, 3.8) is 0 Å². The second-order valence-corrected chi connectivity index (χ2v) is 8.60. The second-order valence-electron chi connectivity index (χ2n) is 7.54. The number of H-pyrrole nitrogens is 1. The van der Waals surface area contributed by atoms with E-state index in [1.54, 1.807) is 11.8 Å². The molecule has 0 fully saturated rings. The van der Waals surface area contributed by atoms with Gasteiger partial charge in [0.15, 0.2) is 5.16 Å². The number of aromatic nitrogens is 3. The van der Waals surface area contributed by atoms with E-state index in [0.717, 1.165) is 61.2 Å². The van der Waals surface area contributed by atoms with Crippen LogP contribution in [0.1, 0.15) is 23.2 Å². The molecule has 0 unspecified atom stereocenters. The van der Waals surface area contributed by atoms with E-state index in [0.29, 0.717) is 0 Å². The molecule has 6 heteroatoms. The molecule has 0 atom stereocenters. The van der Waals surface area contributed by atoms with Crippen molar-refractivity contribution in [2.24, 2.45) is 0 Å². The van der Waals surface area contributed by atoms with Crippen LogP contribution in [0.15, 0.2) is 46.5 Å². The van der Waals surface area contributed by atoms with Gasteiger partial charge in [0.2, 0.25) is 0 Å². The van der Waals surface area contributed by atoms with Crippen LogP contribution in [-0.4, -0.2) is 44.8 Å². The zero-order valence-corrected chi connectivity index (χ0v) is 16.9. The summed E-state index contributed by atoms with van der Waals surface area (Å²) in [5.41, 5.74) is 5.89. The van der Waals surface area contributed by atoms with Crippen LogP contribution >= 0.6 is 11.8 Å². The molecule has 0 aliphatic carbocycles. The third kappa shape index (κ3) is 3.10. The zero-order valence-electron chi connectivity index (χ0n) is 16.1. The number of hydrogen-bond donors (Lipinski definition) is 1. The first-order valence-electron chi connectivity index (χ1n) is 9.91. The standard InChI is InChI=1S/C22H24N4OS/c1-15-17(21(27)26-12-13-28-22(26)24-15)8-11-25-9-6-16(7-10-25)19-14-23-20-5-3-2-4-18(19)20/h2-6,14,23H,7-13H2,1H3. The van der Waals surface area contributed by atoms with E-state index in [9.17, 15) is 4.79 Å². The number of rotatable bonds is 4. The van der Waals surface area contributed by atoms with Gasteiger partial charge in [-0.3, -0.25) is 14.3 Å². The van der Waals surface area contributed by atoms with Crippen LogP contribution in [0.4, 0.5) is 0 Å². The summed E-state index contributed by atoms with van der Waals surface area (Å²) in [6.45, 7) is 5.63. The number of fused-ring (bicyclic) bond motifs is 2. The quantitative estimate of drug-likeness (QED) is 0.691. The van der Waals surface area contributed by atoms with Gasteiger partial charge in [0.05, 0.1) is 0 Å². The molecule has 0 amide bonds. The SMILES string of the molecule is Cc1nc2n(c(=O)c1CCN1CC=C(c3c[nH]c4ccccc34)CC1)CCS2. The maximum atomic E-state index is 12.8. The van der Waals surface area contributed by atoms with Crippen molar-refractivity contribution in [2.75, 3.05) is 25.4 Å². The maximum absolute atomic E-state index is 12.8. The molecule has 0 spiro atoms. The fourth-order valence-corrected chi connectivity index (χ4v) is 5.25. The lowest BCUT2D eigenvalue weighted by atomic mass is 9.98. The Labute approximate surface area is 168 Å². The Bertz CT molecular complexity index is 1130. The van der Waals surface area contributed by atoms with E-state index < -0.39 is 0 Å². The predicted octanol–water partition coefficient (Wildman–Crippen LogP) is 3.47. The largest absolute Gasteiger partial charge is 0.361 e. The number of nitrogens with zero attached hydrogens (tertiary/aromatic N) is 3. The van der Waals surface area contributed by atoms with E-state index in [2.05, 4.69) is 51.4 Å². The molecule has 2 aliphatic heterocycles. The number of hydrogen-bond acceptors (Lipinski definition) is 4. The molecule has 0 saturated heterocycles. The minimum absolute atomic E-state index is 0.166. The molecule has 2 aromatic heterocycles. The van der Waals surface area contributed by atoms with E-state index >= 15 is 0 Å². The smallest absolute Gasteiger partial charge is 0.257 e. The summed E-state index contributed by atoms with van der Waals surface area (Å²) in [5, 5.41) is 2.18. The summed E-state index contributed by atoms with van der Waals surface area (Å²) in [5.74, 6) is 0.957. The second kappa shape index (κ2) is 7.26. The van der Waals surface area contributed by atoms with Gasteiger partial charge >= 0.3 is 0 Å². The van der Waals surface area contributed by atoms with Crippen LogP contribution in [0.25, 0.3) is 16.5 Å². The normalized spacial score (nSPS) is 17.1. The first-order chi connectivity index (χ1) is 13.7. The molecule has 1 aromatic carbocycles. The van der Waals surface area contributed by atoms with E-state index in [4.69, 9.17) is 0 Å². The molecule has 3 aromatic rings. The third-order valence-electron chi connectivity index (χ3n) is 5.89. The van der Waals surface area contributed by atoms with Crippen molar-refractivity contribution in [1.29, 1.82) is 0 Å². The number of aromatic amines is 1. The summed E-state index contributed by atoms with van der Waals surface area (Å²) in [7, 11) is 0. The molecule has 4 heterocycles. The highest BCUT2D eigenvalue weighted by Crippen LogP contribution is 2.29. The van der Waals surface area contributed by atoms with Crippen LogP contribution in [0.5, 0.6) is 0 Å². The highest BCUT2D eigenvalue weighted by molar-refractivity contribution is 7.99. The fraction of sp³-hybridized carbons (Fsp3) is 0.364. The van der Waals surface area contributed by atoms with Gasteiger partial charge < -0.3 is 4.98 Å². The first-order valence-corrected chi connectivity index (χ1v) is 10.9. The summed E-state index contributed by atoms with van der Waals surface area (Å²) in [6, 6.07) is 8.47. The number of aryl methyl sites for hydroxylation is 1. The monoisotopic (exact) mass is 392 g/mol. The highest BCUT2D eigenvalue weighted by atomic mass is 32.2. The van der Waals surface area contributed by atoms with E-state index in [1.165, 1.54) is 22.0 Å². The fourth-order valence-electron chi connectivity index (χ4n) is 4.27. The molecule has 0 radical (unpaired) electrons. The van der Waals surface area contributed by atoms with Crippen LogP contribution in [0, 0.1) is 6.92 Å². The Morgan fingerprint density at radius 2 is 2.14 bits per heavy atom. The lowest BCUT2D eigenvalue weighted by Gasteiger charge is -2.26. The summed E-state index contributed by atoms with van der Waals surface area (Å²) < 4.78 is 1.85. The maximum Gasteiger partial charge on any atom is 0.257 e. The van der Waals surface area contributed by atoms with Gasteiger partial charge in [-0.15, -0.1) is 0 Å². The zero-order chi connectivity index (χ0) is 19.1. The van der Waals surface area contributed by atoms with Crippen molar-refractivity contribution in [3.05, 3.63) is 63.7 Å². The lowest BCUT2D eigenvalue weighted by molar-refractivity contribution is 0.305. The average Bonchev–Trinajstić information content (AvgIpc) is 3.35.